The molecule has 0 aliphatic carbocycles. The van der Waals surface area contributed by atoms with Crippen molar-refractivity contribution in [3.05, 3.63) is 60.6 Å². The van der Waals surface area contributed by atoms with Crippen molar-refractivity contribution >= 4 is 22.9 Å². The lowest BCUT2D eigenvalue weighted by molar-refractivity contribution is 0.410. The van der Waals surface area contributed by atoms with Crippen LogP contribution in [0, 0.1) is 18.7 Å². The third kappa shape index (κ3) is 4.81. The van der Waals surface area contributed by atoms with E-state index in [9.17, 15) is 13.2 Å². The van der Waals surface area contributed by atoms with Crippen LogP contribution in [0.1, 0.15) is 5.69 Å². The van der Waals surface area contributed by atoms with Gasteiger partial charge in [-0.3, -0.25) is 4.21 Å². The number of nitrogen functional groups attached to an aromatic ring is 1. The van der Waals surface area contributed by atoms with E-state index in [1.807, 2.05) is 4.90 Å². The maximum atomic E-state index is 14.8. The van der Waals surface area contributed by atoms with Gasteiger partial charge in [0.25, 0.3) is 0 Å². The lowest BCUT2D eigenvalue weighted by atomic mass is 9.98. The highest BCUT2D eigenvalue weighted by atomic mass is 32.2. The molecule has 1 atom stereocenters. The number of halogens is 1. The summed E-state index contributed by atoms with van der Waals surface area (Å²) < 4.78 is 43.5. The molecule has 1 unspecified atom stereocenters. The van der Waals surface area contributed by atoms with Gasteiger partial charge in [0.05, 0.1) is 5.56 Å². The van der Waals surface area contributed by atoms with Crippen LogP contribution in [0.2, 0.25) is 0 Å². The molecule has 1 saturated heterocycles. The third-order valence-corrected chi connectivity index (χ3v) is 5.12. The number of rotatable bonds is 7. The van der Waals surface area contributed by atoms with E-state index >= 15 is 0 Å². The van der Waals surface area contributed by atoms with E-state index in [0.29, 0.717) is 35.7 Å². The van der Waals surface area contributed by atoms with E-state index in [0.717, 1.165) is 0 Å². The van der Waals surface area contributed by atoms with Gasteiger partial charge in [-0.1, -0.05) is 12.1 Å². The maximum absolute atomic E-state index is 14.8. The van der Waals surface area contributed by atoms with Gasteiger partial charge >= 0.3 is 6.01 Å². The van der Waals surface area contributed by atoms with Gasteiger partial charge in [0.15, 0.2) is 11.6 Å². The Morgan fingerprint density at radius 2 is 2.12 bits per heavy atom. The standard InChI is InChI=1S/C20H20FN7O3S/c1-12-4-6-23-20(27-12)31-16-3-2-14(8-15(16)21)17-18(22)24-11-25-19(17)28-9-13(10-28)5-7-26-32(29)30/h2-8,11,13,26H,9-10H2,1H3,(H,29,30)(H2,22,24,25)/p-1. The van der Waals surface area contributed by atoms with Crippen molar-refractivity contribution in [2.45, 2.75) is 6.92 Å². The summed E-state index contributed by atoms with van der Waals surface area (Å²) in [5, 5.41) is 0. The first-order valence-electron chi connectivity index (χ1n) is 9.55. The molecule has 4 rings (SSSR count). The largest absolute Gasteiger partial charge is 0.755 e. The van der Waals surface area contributed by atoms with Gasteiger partial charge in [-0.05, 0) is 30.7 Å². The molecule has 32 heavy (non-hydrogen) atoms. The molecule has 1 aliphatic rings. The smallest absolute Gasteiger partial charge is 0.322 e. The molecule has 0 spiro atoms. The number of ether oxygens (including phenoxy) is 1. The summed E-state index contributed by atoms with van der Waals surface area (Å²) in [5.41, 5.74) is 7.80. The van der Waals surface area contributed by atoms with E-state index in [1.54, 1.807) is 25.1 Å². The number of benzene rings is 1. The Hall–Kier alpha value is -3.64. The minimum absolute atomic E-state index is 0.0197. The number of nitrogens with zero attached hydrogens (tertiary/aromatic N) is 5. The number of anilines is 2. The predicted octanol–water partition coefficient (Wildman–Crippen LogP) is 2.09. The first-order valence-corrected chi connectivity index (χ1v) is 10.6. The van der Waals surface area contributed by atoms with Crippen molar-refractivity contribution in [2.24, 2.45) is 5.92 Å². The molecule has 0 radical (unpaired) electrons. The molecule has 1 fully saturated rings. The van der Waals surface area contributed by atoms with Crippen LogP contribution in [0.25, 0.3) is 11.1 Å². The molecular formula is C20H19FN7O3S-. The molecule has 3 N–H and O–H groups in total. The van der Waals surface area contributed by atoms with Crippen molar-refractivity contribution < 1.29 is 17.9 Å². The van der Waals surface area contributed by atoms with Gasteiger partial charge < -0.3 is 24.6 Å². The molecule has 3 aromatic rings. The Bertz CT molecular complexity index is 1190. The fourth-order valence-electron chi connectivity index (χ4n) is 3.26. The molecule has 166 valence electrons. The monoisotopic (exact) mass is 456 g/mol. The van der Waals surface area contributed by atoms with Crippen LogP contribution in [0.15, 0.2) is 49.1 Å². The van der Waals surface area contributed by atoms with Gasteiger partial charge in [-0.25, -0.2) is 24.3 Å². The lowest BCUT2D eigenvalue weighted by Gasteiger charge is -2.39. The highest BCUT2D eigenvalue weighted by molar-refractivity contribution is 7.77. The van der Waals surface area contributed by atoms with E-state index in [2.05, 4.69) is 24.7 Å². The first kappa shape index (κ1) is 21.6. The molecular weight excluding hydrogens is 437 g/mol. The minimum atomic E-state index is -2.35. The second-order valence-corrected chi connectivity index (χ2v) is 7.77. The van der Waals surface area contributed by atoms with Gasteiger partial charge in [0.1, 0.15) is 18.0 Å². The van der Waals surface area contributed by atoms with Crippen molar-refractivity contribution in [1.29, 1.82) is 0 Å². The average Bonchev–Trinajstić information content (AvgIpc) is 2.71. The molecule has 2 aromatic heterocycles. The second-order valence-electron chi connectivity index (χ2n) is 7.06. The fraction of sp³-hybridized carbons (Fsp3) is 0.200. The first-order chi connectivity index (χ1) is 15.4. The number of aryl methyl sites for hydroxylation is 1. The van der Waals surface area contributed by atoms with Crippen molar-refractivity contribution in [1.82, 2.24) is 24.7 Å². The van der Waals surface area contributed by atoms with Crippen LogP contribution >= 0.6 is 0 Å². The van der Waals surface area contributed by atoms with Crippen LogP contribution in [0.4, 0.5) is 16.0 Å². The lowest BCUT2D eigenvalue weighted by Crippen LogP contribution is -2.46. The van der Waals surface area contributed by atoms with E-state index in [4.69, 9.17) is 10.5 Å². The number of hydrogen-bond acceptors (Lipinski definition) is 9. The number of hydrogen-bond donors (Lipinski definition) is 2. The summed E-state index contributed by atoms with van der Waals surface area (Å²) in [6.07, 6.45) is 6.02. The fourth-order valence-corrected chi connectivity index (χ4v) is 3.45. The van der Waals surface area contributed by atoms with E-state index in [-0.39, 0.29) is 23.5 Å². The SMILES string of the molecule is Cc1ccnc(Oc2ccc(-c3c(N)ncnc3N3CC(C=CNS(=O)[O-])C3)cc2F)n1. The Morgan fingerprint density at radius 1 is 1.31 bits per heavy atom. The summed E-state index contributed by atoms with van der Waals surface area (Å²) >= 11 is -2.35. The van der Waals surface area contributed by atoms with Crippen LogP contribution in [0.3, 0.4) is 0 Å². The Morgan fingerprint density at radius 3 is 2.84 bits per heavy atom. The van der Waals surface area contributed by atoms with Crippen LogP contribution in [0.5, 0.6) is 11.8 Å². The molecule has 0 bridgehead atoms. The molecule has 3 heterocycles. The van der Waals surface area contributed by atoms with Crippen molar-refractivity contribution in [3.63, 3.8) is 0 Å². The highest BCUT2D eigenvalue weighted by Gasteiger charge is 2.29. The summed E-state index contributed by atoms with van der Waals surface area (Å²) in [4.78, 5) is 18.4. The zero-order valence-corrected chi connectivity index (χ0v) is 17.8. The molecule has 10 nitrogen and oxygen atoms in total. The van der Waals surface area contributed by atoms with Crippen LogP contribution in [-0.4, -0.2) is 41.8 Å². The van der Waals surface area contributed by atoms with E-state index < -0.39 is 17.1 Å². The summed E-state index contributed by atoms with van der Waals surface area (Å²) in [6, 6.07) is 6.20. The Labute approximate surface area is 185 Å². The molecule has 12 heteroatoms. The number of nitrogens with two attached hydrogens (primary N) is 1. The van der Waals surface area contributed by atoms with Gasteiger partial charge in [-0.2, -0.15) is 0 Å². The highest BCUT2D eigenvalue weighted by Crippen LogP contribution is 2.38. The van der Waals surface area contributed by atoms with Gasteiger partial charge in [-0.15, -0.1) is 0 Å². The maximum Gasteiger partial charge on any atom is 0.322 e. The normalized spacial score (nSPS) is 14.9. The van der Waals surface area contributed by atoms with Crippen LogP contribution < -0.4 is 20.1 Å². The number of aromatic nitrogens is 4. The summed E-state index contributed by atoms with van der Waals surface area (Å²) in [6.45, 7) is 2.98. The predicted molar refractivity (Wildman–Crippen MR) is 116 cm³/mol. The zero-order chi connectivity index (χ0) is 22.7. The van der Waals surface area contributed by atoms with Gasteiger partial charge in [0, 0.05) is 48.4 Å². The second kappa shape index (κ2) is 9.24. The van der Waals surface area contributed by atoms with Gasteiger partial charge in [0.2, 0.25) is 0 Å². The quantitative estimate of drug-likeness (QED) is 0.511. The molecule has 0 amide bonds. The average molecular weight is 456 g/mol. The summed E-state index contributed by atoms with van der Waals surface area (Å²) in [5.74, 6) is 0.290. The Kier molecular flexibility index (Phi) is 6.23. The minimum Gasteiger partial charge on any atom is -0.755 e. The van der Waals surface area contributed by atoms with Crippen molar-refractivity contribution in [2.75, 3.05) is 23.7 Å². The third-order valence-electron chi connectivity index (χ3n) is 4.79. The molecule has 0 saturated carbocycles. The topological polar surface area (TPSA) is 142 Å². The molecule has 1 aliphatic heterocycles. The van der Waals surface area contributed by atoms with Crippen molar-refractivity contribution in [3.8, 4) is 22.9 Å². The zero-order valence-electron chi connectivity index (χ0n) is 16.9. The summed E-state index contributed by atoms with van der Waals surface area (Å²) in [7, 11) is 0. The van der Waals surface area contributed by atoms with E-state index in [1.165, 1.54) is 30.9 Å². The van der Waals surface area contributed by atoms with Crippen LogP contribution in [-0.2, 0) is 11.3 Å². The molecule has 1 aromatic carbocycles. The Balaban J connectivity index is 1.55. The number of nitrogens with one attached hydrogen (secondary N) is 1.